The second-order valence-corrected chi connectivity index (χ2v) is 3.94. The Morgan fingerprint density at radius 1 is 1.25 bits per heavy atom. The molecule has 2 N–H and O–H groups in total. The van der Waals surface area contributed by atoms with E-state index in [-0.39, 0.29) is 0 Å². The fourth-order valence-electron chi connectivity index (χ4n) is 0.987. The van der Waals surface area contributed by atoms with E-state index in [1.165, 1.54) is 14.2 Å². The van der Waals surface area contributed by atoms with Gasteiger partial charge in [-0.3, -0.25) is 0 Å². The van der Waals surface area contributed by atoms with Gasteiger partial charge in [0.2, 0.25) is 17.7 Å². The van der Waals surface area contributed by atoms with Gasteiger partial charge < -0.3 is 19.9 Å². The zero-order chi connectivity index (χ0) is 12.2. The third-order valence-electron chi connectivity index (χ3n) is 1.78. The summed E-state index contributed by atoms with van der Waals surface area (Å²) in [6.07, 6.45) is 0. The molecule has 1 aromatic heterocycles. The molecule has 0 saturated carbocycles. The van der Waals surface area contributed by atoms with Gasteiger partial charge in [-0.2, -0.15) is 9.97 Å². The molecule has 0 amide bonds. The highest BCUT2D eigenvalue weighted by Crippen LogP contribution is 2.17. The van der Waals surface area contributed by atoms with Crippen LogP contribution in [-0.4, -0.2) is 41.4 Å². The van der Waals surface area contributed by atoms with Crippen molar-refractivity contribution >= 4 is 5.95 Å². The maximum Gasteiger partial charge on any atom is 0.229 e. The molecule has 0 saturated heterocycles. The zero-order valence-corrected chi connectivity index (χ0v) is 9.94. The van der Waals surface area contributed by atoms with Gasteiger partial charge in [0.25, 0.3) is 0 Å². The second-order valence-electron chi connectivity index (χ2n) is 3.94. The Morgan fingerprint density at radius 3 is 2.12 bits per heavy atom. The minimum atomic E-state index is -0.834. The molecule has 16 heavy (non-hydrogen) atoms. The lowest BCUT2D eigenvalue weighted by molar-refractivity contribution is 0.0943. The van der Waals surface area contributed by atoms with E-state index >= 15 is 0 Å². The van der Waals surface area contributed by atoms with Gasteiger partial charge >= 0.3 is 0 Å². The Hall–Kier alpha value is -1.56. The number of aromatic nitrogens is 2. The summed E-state index contributed by atoms with van der Waals surface area (Å²) in [5.74, 6) is 1.17. The van der Waals surface area contributed by atoms with Gasteiger partial charge in [0.15, 0.2) is 0 Å². The quantitative estimate of drug-likeness (QED) is 0.770. The van der Waals surface area contributed by atoms with E-state index in [9.17, 15) is 5.11 Å². The summed E-state index contributed by atoms with van der Waals surface area (Å²) in [6.45, 7) is 3.72. The van der Waals surface area contributed by atoms with Crippen molar-refractivity contribution in [2.24, 2.45) is 0 Å². The Morgan fingerprint density at radius 2 is 1.75 bits per heavy atom. The van der Waals surface area contributed by atoms with Crippen molar-refractivity contribution in [3.63, 3.8) is 0 Å². The first-order valence-electron chi connectivity index (χ1n) is 4.88. The van der Waals surface area contributed by atoms with Crippen molar-refractivity contribution in [2.75, 3.05) is 26.1 Å². The van der Waals surface area contributed by atoms with Crippen LogP contribution in [0.5, 0.6) is 11.8 Å². The lowest BCUT2D eigenvalue weighted by Gasteiger charge is -2.17. The molecule has 0 bridgehead atoms. The molecular formula is C10H17N3O3. The maximum absolute atomic E-state index is 9.55. The summed E-state index contributed by atoms with van der Waals surface area (Å²) in [5, 5.41) is 12.5. The predicted molar refractivity (Wildman–Crippen MR) is 59.9 cm³/mol. The molecule has 1 aromatic rings. The van der Waals surface area contributed by atoms with Crippen LogP contribution in [0.3, 0.4) is 0 Å². The Labute approximate surface area is 94.6 Å². The highest BCUT2D eigenvalue weighted by molar-refractivity contribution is 5.33. The van der Waals surface area contributed by atoms with Crippen molar-refractivity contribution in [3.05, 3.63) is 6.07 Å². The van der Waals surface area contributed by atoms with E-state index in [1.54, 1.807) is 19.9 Å². The van der Waals surface area contributed by atoms with E-state index < -0.39 is 5.60 Å². The largest absolute Gasteiger partial charge is 0.481 e. The zero-order valence-electron chi connectivity index (χ0n) is 9.94. The fraction of sp³-hybridized carbons (Fsp3) is 0.600. The van der Waals surface area contributed by atoms with Crippen LogP contribution in [0.4, 0.5) is 5.95 Å². The molecule has 0 aliphatic carbocycles. The molecule has 6 heteroatoms. The first-order valence-corrected chi connectivity index (χ1v) is 4.88. The van der Waals surface area contributed by atoms with Crippen LogP contribution < -0.4 is 14.8 Å². The summed E-state index contributed by atoms with van der Waals surface area (Å²) >= 11 is 0. The molecule has 0 spiro atoms. The molecule has 0 atom stereocenters. The highest BCUT2D eigenvalue weighted by atomic mass is 16.5. The molecular weight excluding hydrogens is 210 g/mol. The van der Waals surface area contributed by atoms with Gasteiger partial charge in [-0.25, -0.2) is 0 Å². The van der Waals surface area contributed by atoms with Crippen LogP contribution in [0, 0.1) is 0 Å². The first kappa shape index (κ1) is 12.5. The predicted octanol–water partition coefficient (Wildman–Crippen LogP) is 0.677. The summed E-state index contributed by atoms with van der Waals surface area (Å²) in [6, 6.07) is 1.58. The molecule has 1 rings (SSSR count). The molecule has 0 aliphatic rings. The molecule has 90 valence electrons. The number of hydrogen-bond donors (Lipinski definition) is 2. The van der Waals surface area contributed by atoms with Crippen molar-refractivity contribution in [1.82, 2.24) is 9.97 Å². The van der Waals surface area contributed by atoms with Crippen molar-refractivity contribution < 1.29 is 14.6 Å². The summed E-state index contributed by atoms with van der Waals surface area (Å²) in [4.78, 5) is 8.13. The highest BCUT2D eigenvalue weighted by Gasteiger charge is 2.13. The number of ether oxygens (including phenoxy) is 2. The van der Waals surface area contributed by atoms with Gasteiger partial charge in [0.1, 0.15) is 0 Å². The van der Waals surface area contributed by atoms with Crippen LogP contribution in [0.1, 0.15) is 13.8 Å². The lowest BCUT2D eigenvalue weighted by atomic mass is 10.1. The number of nitrogens with zero attached hydrogens (tertiary/aromatic N) is 2. The van der Waals surface area contributed by atoms with Crippen LogP contribution >= 0.6 is 0 Å². The summed E-state index contributed by atoms with van der Waals surface area (Å²) < 4.78 is 9.99. The molecule has 0 unspecified atom stereocenters. The minimum absolute atomic E-state index is 0.337. The van der Waals surface area contributed by atoms with E-state index in [4.69, 9.17) is 9.47 Å². The van der Waals surface area contributed by atoms with Crippen LogP contribution in [0.2, 0.25) is 0 Å². The third-order valence-corrected chi connectivity index (χ3v) is 1.78. The van der Waals surface area contributed by atoms with Gasteiger partial charge in [-0.05, 0) is 13.8 Å². The molecule has 6 nitrogen and oxygen atoms in total. The summed E-state index contributed by atoms with van der Waals surface area (Å²) in [7, 11) is 3.03. The molecule has 1 heterocycles. The monoisotopic (exact) mass is 227 g/mol. The Kier molecular flexibility index (Phi) is 3.89. The topological polar surface area (TPSA) is 76.5 Å². The van der Waals surface area contributed by atoms with Crippen molar-refractivity contribution in [3.8, 4) is 11.8 Å². The van der Waals surface area contributed by atoms with Gasteiger partial charge in [0, 0.05) is 6.54 Å². The van der Waals surface area contributed by atoms with E-state index in [1.807, 2.05) is 0 Å². The van der Waals surface area contributed by atoms with E-state index in [0.717, 1.165) is 0 Å². The third kappa shape index (κ3) is 3.90. The SMILES string of the molecule is COc1cc(OC)nc(NCC(C)(C)O)n1. The van der Waals surface area contributed by atoms with Crippen molar-refractivity contribution in [2.45, 2.75) is 19.4 Å². The maximum atomic E-state index is 9.55. The smallest absolute Gasteiger partial charge is 0.229 e. The molecule has 0 aromatic carbocycles. The lowest BCUT2D eigenvalue weighted by Crippen LogP contribution is -2.30. The Balaban J connectivity index is 2.79. The average molecular weight is 227 g/mol. The normalized spacial score (nSPS) is 11.1. The Bertz CT molecular complexity index is 327. The van der Waals surface area contributed by atoms with Gasteiger partial charge in [-0.1, -0.05) is 0 Å². The minimum Gasteiger partial charge on any atom is -0.481 e. The number of hydrogen-bond acceptors (Lipinski definition) is 6. The van der Waals surface area contributed by atoms with Gasteiger partial charge in [-0.15, -0.1) is 0 Å². The van der Waals surface area contributed by atoms with Gasteiger partial charge in [0.05, 0.1) is 25.9 Å². The second kappa shape index (κ2) is 4.98. The van der Waals surface area contributed by atoms with Crippen molar-refractivity contribution in [1.29, 1.82) is 0 Å². The first-order chi connectivity index (χ1) is 7.44. The van der Waals surface area contributed by atoms with Crippen LogP contribution in [0.15, 0.2) is 6.07 Å². The average Bonchev–Trinajstić information content (AvgIpc) is 2.25. The fourth-order valence-corrected chi connectivity index (χ4v) is 0.987. The molecule has 0 radical (unpaired) electrons. The standard InChI is InChI=1S/C10H17N3O3/c1-10(2,14)6-11-9-12-7(15-3)5-8(13-9)16-4/h5,14H,6H2,1-4H3,(H,11,12,13). The van der Waals surface area contributed by atoms with E-state index in [0.29, 0.717) is 24.3 Å². The number of anilines is 1. The van der Waals surface area contributed by atoms with E-state index in [2.05, 4.69) is 15.3 Å². The number of rotatable bonds is 5. The summed E-state index contributed by atoms with van der Waals surface area (Å²) in [5.41, 5.74) is -0.834. The molecule has 0 fully saturated rings. The molecule has 0 aliphatic heterocycles. The van der Waals surface area contributed by atoms with Crippen LogP contribution in [0.25, 0.3) is 0 Å². The number of aliphatic hydroxyl groups is 1. The van der Waals surface area contributed by atoms with Crippen LogP contribution in [-0.2, 0) is 0 Å². The number of methoxy groups -OCH3 is 2. The number of nitrogens with one attached hydrogen (secondary N) is 1.